The molecular weight excluding hydrogens is 284 g/mol. The quantitative estimate of drug-likeness (QED) is 0.824. The van der Waals surface area contributed by atoms with E-state index in [1.54, 1.807) is 12.1 Å². The second-order valence-electron chi connectivity index (χ2n) is 5.19. The highest BCUT2D eigenvalue weighted by atomic mass is 32.2. The zero-order valence-electron chi connectivity index (χ0n) is 12.8. The molecule has 0 radical (unpaired) electrons. The van der Waals surface area contributed by atoms with Crippen molar-refractivity contribution in [1.29, 1.82) is 0 Å². The molecule has 1 aromatic carbocycles. The maximum Gasteiger partial charge on any atom is 0.180 e. The van der Waals surface area contributed by atoms with Gasteiger partial charge < -0.3 is 0 Å². The Hall–Kier alpha value is -1.62. The Morgan fingerprint density at radius 1 is 1.10 bits per heavy atom. The third-order valence-corrected chi connectivity index (χ3v) is 5.30. The van der Waals surface area contributed by atoms with Crippen molar-refractivity contribution in [2.45, 2.75) is 45.1 Å². The van der Waals surface area contributed by atoms with E-state index in [0.29, 0.717) is 11.4 Å². The van der Waals surface area contributed by atoms with E-state index in [2.05, 4.69) is 25.0 Å². The molecule has 0 aliphatic carbocycles. The van der Waals surface area contributed by atoms with Crippen LogP contribution in [0.2, 0.25) is 0 Å². The predicted octanol–water partition coefficient (Wildman–Crippen LogP) is 2.79. The van der Waals surface area contributed by atoms with Crippen LogP contribution in [0.15, 0.2) is 35.2 Å². The number of benzene rings is 1. The zero-order valence-corrected chi connectivity index (χ0v) is 13.7. The Morgan fingerprint density at radius 3 is 2.33 bits per heavy atom. The van der Waals surface area contributed by atoms with Crippen LogP contribution in [-0.2, 0) is 29.2 Å². The van der Waals surface area contributed by atoms with Gasteiger partial charge in [-0.15, -0.1) is 0 Å². The fraction of sp³-hybridized carbons (Fsp3) is 0.438. The first kappa shape index (κ1) is 15.8. The van der Waals surface area contributed by atoms with Crippen molar-refractivity contribution in [3.05, 3.63) is 47.3 Å². The largest absolute Gasteiger partial charge is 0.268 e. The maximum atomic E-state index is 12.4. The first-order chi connectivity index (χ1) is 9.96. The zero-order chi connectivity index (χ0) is 15.5. The molecule has 1 heterocycles. The SMILES string of the molecule is CCc1cc(CC)n(CCS(=O)(=O)c2ccc(C)cc2)n1. The van der Waals surface area contributed by atoms with Gasteiger partial charge >= 0.3 is 0 Å². The Bertz CT molecular complexity index is 700. The Morgan fingerprint density at radius 2 is 1.76 bits per heavy atom. The van der Waals surface area contributed by atoms with E-state index < -0.39 is 9.84 Å². The number of rotatable bonds is 6. The van der Waals surface area contributed by atoms with E-state index in [9.17, 15) is 8.42 Å². The van der Waals surface area contributed by atoms with Crippen LogP contribution >= 0.6 is 0 Å². The molecule has 2 aromatic rings. The molecule has 4 nitrogen and oxygen atoms in total. The Kier molecular flexibility index (Phi) is 4.83. The second kappa shape index (κ2) is 6.43. The van der Waals surface area contributed by atoms with Gasteiger partial charge in [-0.1, -0.05) is 31.5 Å². The fourth-order valence-corrected chi connectivity index (χ4v) is 3.44. The van der Waals surface area contributed by atoms with Crippen molar-refractivity contribution in [3.63, 3.8) is 0 Å². The van der Waals surface area contributed by atoms with Crippen molar-refractivity contribution < 1.29 is 8.42 Å². The van der Waals surface area contributed by atoms with Crippen molar-refractivity contribution in [2.24, 2.45) is 0 Å². The average Bonchev–Trinajstić information content (AvgIpc) is 2.88. The molecule has 1 aromatic heterocycles. The second-order valence-corrected chi connectivity index (χ2v) is 7.30. The molecule has 5 heteroatoms. The van der Waals surface area contributed by atoms with E-state index in [-0.39, 0.29) is 5.75 Å². The summed E-state index contributed by atoms with van der Waals surface area (Å²) in [5, 5.41) is 4.46. The predicted molar refractivity (Wildman–Crippen MR) is 84.2 cm³/mol. The summed E-state index contributed by atoms with van der Waals surface area (Å²) in [5.74, 6) is 0.0773. The number of nitrogens with zero attached hydrogens (tertiary/aromatic N) is 2. The molecule has 0 fully saturated rings. The van der Waals surface area contributed by atoms with E-state index in [1.165, 1.54) is 0 Å². The molecule has 0 unspecified atom stereocenters. The number of aromatic nitrogens is 2. The molecule has 0 saturated heterocycles. The summed E-state index contributed by atoms with van der Waals surface area (Å²) < 4.78 is 26.5. The highest BCUT2D eigenvalue weighted by Crippen LogP contribution is 2.14. The standard InChI is InChI=1S/C16H22N2O2S/c1-4-14-12-15(5-2)18(17-14)10-11-21(19,20)16-8-6-13(3)7-9-16/h6-9,12H,4-5,10-11H2,1-3H3. The maximum absolute atomic E-state index is 12.4. The van der Waals surface area contributed by atoms with Gasteiger partial charge in [-0.3, -0.25) is 4.68 Å². The monoisotopic (exact) mass is 306 g/mol. The highest BCUT2D eigenvalue weighted by molar-refractivity contribution is 7.91. The Labute approximate surface area is 126 Å². The minimum atomic E-state index is -3.26. The lowest BCUT2D eigenvalue weighted by atomic mass is 10.2. The fourth-order valence-electron chi connectivity index (χ4n) is 2.24. The molecule has 0 saturated carbocycles. The summed E-state index contributed by atoms with van der Waals surface area (Å²) in [6, 6.07) is 9.05. The molecule has 114 valence electrons. The first-order valence-electron chi connectivity index (χ1n) is 7.31. The van der Waals surface area contributed by atoms with Gasteiger partial charge in [0.25, 0.3) is 0 Å². The molecule has 0 spiro atoms. The Balaban J connectivity index is 2.15. The third-order valence-electron chi connectivity index (χ3n) is 3.59. The normalized spacial score (nSPS) is 11.8. The molecule has 0 N–H and O–H groups in total. The van der Waals surface area contributed by atoms with Crippen LogP contribution in [0.5, 0.6) is 0 Å². The van der Waals surface area contributed by atoms with Crippen LogP contribution in [0.3, 0.4) is 0 Å². The minimum absolute atomic E-state index is 0.0773. The van der Waals surface area contributed by atoms with Gasteiger partial charge in [0.1, 0.15) is 0 Å². The molecule has 0 aliphatic heterocycles. The van der Waals surface area contributed by atoms with Crippen LogP contribution in [0, 0.1) is 6.92 Å². The van der Waals surface area contributed by atoms with E-state index in [4.69, 9.17) is 0 Å². The lowest BCUT2D eigenvalue weighted by Crippen LogP contribution is -2.15. The summed E-state index contributed by atoms with van der Waals surface area (Å²) in [6.45, 7) is 6.45. The summed E-state index contributed by atoms with van der Waals surface area (Å²) in [4.78, 5) is 0.383. The molecule has 0 aliphatic rings. The molecule has 2 rings (SSSR count). The summed E-state index contributed by atoms with van der Waals surface area (Å²) >= 11 is 0. The van der Waals surface area contributed by atoms with Crippen LogP contribution in [0.1, 0.15) is 30.8 Å². The van der Waals surface area contributed by atoms with Gasteiger partial charge in [0, 0.05) is 5.69 Å². The number of aryl methyl sites for hydroxylation is 4. The lowest BCUT2D eigenvalue weighted by Gasteiger charge is -2.07. The van der Waals surface area contributed by atoms with Gasteiger partial charge in [0.15, 0.2) is 9.84 Å². The molecule has 0 atom stereocenters. The third kappa shape index (κ3) is 3.73. The van der Waals surface area contributed by atoms with Crippen LogP contribution < -0.4 is 0 Å². The van der Waals surface area contributed by atoms with Crippen molar-refractivity contribution >= 4 is 9.84 Å². The molecular formula is C16H22N2O2S. The number of sulfone groups is 1. The number of hydrogen-bond acceptors (Lipinski definition) is 3. The van der Waals surface area contributed by atoms with Crippen LogP contribution in [-0.4, -0.2) is 24.0 Å². The molecule has 21 heavy (non-hydrogen) atoms. The van der Waals surface area contributed by atoms with Crippen LogP contribution in [0.25, 0.3) is 0 Å². The van der Waals surface area contributed by atoms with E-state index in [0.717, 1.165) is 29.8 Å². The van der Waals surface area contributed by atoms with Crippen molar-refractivity contribution in [2.75, 3.05) is 5.75 Å². The van der Waals surface area contributed by atoms with Gasteiger partial charge in [-0.25, -0.2) is 8.42 Å². The van der Waals surface area contributed by atoms with E-state index >= 15 is 0 Å². The lowest BCUT2D eigenvalue weighted by molar-refractivity contribution is 0.572. The first-order valence-corrected chi connectivity index (χ1v) is 8.96. The topological polar surface area (TPSA) is 52.0 Å². The highest BCUT2D eigenvalue weighted by Gasteiger charge is 2.15. The molecule has 0 amide bonds. The number of hydrogen-bond donors (Lipinski definition) is 0. The summed E-state index contributed by atoms with van der Waals surface area (Å²) in [7, 11) is -3.26. The van der Waals surface area contributed by atoms with Gasteiger partial charge in [-0.2, -0.15) is 5.10 Å². The minimum Gasteiger partial charge on any atom is -0.268 e. The van der Waals surface area contributed by atoms with Gasteiger partial charge in [0.05, 0.1) is 22.9 Å². The van der Waals surface area contributed by atoms with Crippen molar-refractivity contribution in [1.82, 2.24) is 9.78 Å². The average molecular weight is 306 g/mol. The van der Waals surface area contributed by atoms with E-state index in [1.807, 2.05) is 23.7 Å². The van der Waals surface area contributed by atoms with Gasteiger partial charge in [-0.05, 0) is 38.0 Å². The summed E-state index contributed by atoms with van der Waals surface area (Å²) in [6.07, 6.45) is 1.72. The summed E-state index contributed by atoms with van der Waals surface area (Å²) in [5.41, 5.74) is 3.16. The van der Waals surface area contributed by atoms with Gasteiger partial charge in [0.2, 0.25) is 0 Å². The van der Waals surface area contributed by atoms with Crippen LogP contribution in [0.4, 0.5) is 0 Å². The molecule has 0 bridgehead atoms. The van der Waals surface area contributed by atoms with Crippen molar-refractivity contribution in [3.8, 4) is 0 Å². The smallest absolute Gasteiger partial charge is 0.180 e.